The summed E-state index contributed by atoms with van der Waals surface area (Å²) in [7, 11) is 3.63. The molecule has 21 heavy (non-hydrogen) atoms. The Labute approximate surface area is 126 Å². The van der Waals surface area contributed by atoms with Gasteiger partial charge in [0.05, 0.1) is 18.9 Å². The summed E-state index contributed by atoms with van der Waals surface area (Å²) < 4.78 is 5.38. The first-order valence-corrected chi connectivity index (χ1v) is 7.26. The highest BCUT2D eigenvalue weighted by Crippen LogP contribution is 2.36. The Kier molecular flexibility index (Phi) is 4.86. The average molecular weight is 285 g/mol. The van der Waals surface area contributed by atoms with Crippen LogP contribution < -0.4 is 9.64 Å². The quantitative estimate of drug-likeness (QED) is 0.898. The molecule has 2 aromatic rings. The number of aryl methyl sites for hydroxylation is 1. The summed E-state index contributed by atoms with van der Waals surface area (Å²) in [6.07, 6.45) is 0.441. The van der Waals surface area contributed by atoms with E-state index in [0.717, 1.165) is 23.4 Å². The second-order valence-corrected chi connectivity index (χ2v) is 5.15. The molecule has 1 atom stereocenters. The Morgan fingerprint density at radius 2 is 1.81 bits per heavy atom. The monoisotopic (exact) mass is 285 g/mol. The molecule has 3 heteroatoms. The zero-order chi connectivity index (χ0) is 15.4. The third-order valence-corrected chi connectivity index (χ3v) is 3.77. The molecule has 0 amide bonds. The first kappa shape index (κ1) is 15.4. The highest BCUT2D eigenvalue weighted by molar-refractivity contribution is 5.69. The van der Waals surface area contributed by atoms with Gasteiger partial charge in [0.15, 0.2) is 0 Å². The van der Waals surface area contributed by atoms with E-state index in [4.69, 9.17) is 4.74 Å². The van der Waals surface area contributed by atoms with E-state index in [1.807, 2.05) is 25.2 Å². The van der Waals surface area contributed by atoms with Crippen LogP contribution in [0.25, 0.3) is 0 Å². The molecular weight excluding hydrogens is 262 g/mol. The molecule has 112 valence electrons. The normalized spacial score (nSPS) is 12.0. The lowest BCUT2D eigenvalue weighted by molar-refractivity contribution is 0.195. The molecule has 2 rings (SSSR count). The van der Waals surface area contributed by atoms with E-state index in [9.17, 15) is 5.11 Å². The molecule has 0 fully saturated rings. The lowest BCUT2D eigenvalue weighted by Gasteiger charge is -2.25. The number of ether oxygens (including phenoxy) is 1. The van der Waals surface area contributed by atoms with E-state index in [1.54, 1.807) is 14.0 Å². The average Bonchev–Trinajstić information content (AvgIpc) is 2.53. The number of methoxy groups -OCH3 is 1. The maximum Gasteiger partial charge on any atom is 0.126 e. The van der Waals surface area contributed by atoms with Gasteiger partial charge in [0.25, 0.3) is 0 Å². The molecule has 0 aliphatic heterocycles. The number of anilines is 2. The van der Waals surface area contributed by atoms with Gasteiger partial charge in [-0.15, -0.1) is 0 Å². The van der Waals surface area contributed by atoms with Crippen LogP contribution in [0.2, 0.25) is 0 Å². The molecule has 2 aromatic carbocycles. The Bertz CT molecular complexity index is 591. The highest BCUT2D eigenvalue weighted by Gasteiger charge is 2.17. The molecule has 0 saturated heterocycles. The maximum atomic E-state index is 10.1. The molecule has 0 unspecified atom stereocenters. The number of hydrogen-bond acceptors (Lipinski definition) is 3. The van der Waals surface area contributed by atoms with Crippen molar-refractivity contribution in [2.45, 2.75) is 26.4 Å². The SMILES string of the molecule is CCc1ccc(N(C)c2cccc(OC)c2[C@@H](C)O)cc1. The zero-order valence-electron chi connectivity index (χ0n) is 13.1. The summed E-state index contributed by atoms with van der Waals surface area (Å²) in [4.78, 5) is 2.07. The molecule has 0 heterocycles. The molecule has 3 nitrogen and oxygen atoms in total. The fraction of sp³-hybridized carbons (Fsp3) is 0.333. The Balaban J connectivity index is 2.44. The van der Waals surface area contributed by atoms with Crippen molar-refractivity contribution in [3.05, 3.63) is 53.6 Å². The summed E-state index contributed by atoms with van der Waals surface area (Å²) in [5.41, 5.74) is 4.16. The van der Waals surface area contributed by atoms with E-state index in [0.29, 0.717) is 5.75 Å². The first-order valence-electron chi connectivity index (χ1n) is 7.26. The third kappa shape index (κ3) is 3.19. The summed E-state index contributed by atoms with van der Waals surface area (Å²) in [6, 6.07) is 14.3. The molecule has 0 spiro atoms. The molecular formula is C18H23NO2. The Morgan fingerprint density at radius 1 is 1.14 bits per heavy atom. The lowest BCUT2D eigenvalue weighted by atomic mass is 10.0. The molecule has 0 aliphatic carbocycles. The van der Waals surface area contributed by atoms with Crippen molar-refractivity contribution in [2.24, 2.45) is 0 Å². The number of aliphatic hydroxyl groups excluding tert-OH is 1. The van der Waals surface area contributed by atoms with Crippen molar-refractivity contribution in [3.8, 4) is 5.75 Å². The fourth-order valence-electron chi connectivity index (χ4n) is 2.52. The van der Waals surface area contributed by atoms with Crippen LogP contribution in [-0.2, 0) is 6.42 Å². The number of aliphatic hydroxyl groups is 1. The largest absolute Gasteiger partial charge is 0.496 e. The Morgan fingerprint density at radius 3 is 2.33 bits per heavy atom. The van der Waals surface area contributed by atoms with Crippen LogP contribution >= 0.6 is 0 Å². The van der Waals surface area contributed by atoms with Crippen LogP contribution in [0.15, 0.2) is 42.5 Å². The van der Waals surface area contributed by atoms with E-state index in [1.165, 1.54) is 5.56 Å². The molecule has 0 radical (unpaired) electrons. The minimum atomic E-state index is -0.589. The van der Waals surface area contributed by atoms with Gasteiger partial charge in [-0.05, 0) is 43.2 Å². The summed E-state index contributed by atoms with van der Waals surface area (Å²) in [5.74, 6) is 0.708. The van der Waals surface area contributed by atoms with E-state index >= 15 is 0 Å². The highest BCUT2D eigenvalue weighted by atomic mass is 16.5. The minimum Gasteiger partial charge on any atom is -0.496 e. The second-order valence-electron chi connectivity index (χ2n) is 5.15. The first-order chi connectivity index (χ1) is 10.1. The van der Waals surface area contributed by atoms with E-state index in [-0.39, 0.29) is 0 Å². The van der Waals surface area contributed by atoms with Gasteiger partial charge in [-0.2, -0.15) is 0 Å². The van der Waals surface area contributed by atoms with E-state index in [2.05, 4.69) is 36.1 Å². The topological polar surface area (TPSA) is 32.7 Å². The smallest absolute Gasteiger partial charge is 0.126 e. The second kappa shape index (κ2) is 6.64. The summed E-state index contributed by atoms with van der Waals surface area (Å²) in [6.45, 7) is 3.90. The minimum absolute atomic E-state index is 0.589. The standard InChI is InChI=1S/C18H23NO2/c1-5-14-9-11-15(12-10-14)19(3)16-7-6-8-17(21-4)18(16)13(2)20/h6-13,20H,5H2,1-4H3/t13-/m1/s1. The van der Waals surface area contributed by atoms with Crippen LogP contribution in [0.1, 0.15) is 31.1 Å². The van der Waals surface area contributed by atoms with Gasteiger partial charge in [0.2, 0.25) is 0 Å². The summed E-state index contributed by atoms with van der Waals surface area (Å²) in [5, 5.41) is 10.1. The van der Waals surface area contributed by atoms with Crippen LogP contribution in [0.4, 0.5) is 11.4 Å². The third-order valence-electron chi connectivity index (χ3n) is 3.77. The van der Waals surface area contributed by atoms with Crippen molar-refractivity contribution in [1.29, 1.82) is 0 Å². The van der Waals surface area contributed by atoms with Crippen molar-refractivity contribution < 1.29 is 9.84 Å². The van der Waals surface area contributed by atoms with Crippen molar-refractivity contribution in [2.75, 3.05) is 19.1 Å². The predicted molar refractivity (Wildman–Crippen MR) is 87.5 cm³/mol. The zero-order valence-corrected chi connectivity index (χ0v) is 13.1. The van der Waals surface area contributed by atoms with Gasteiger partial charge in [-0.25, -0.2) is 0 Å². The van der Waals surface area contributed by atoms with Crippen molar-refractivity contribution in [3.63, 3.8) is 0 Å². The molecule has 1 N–H and O–H groups in total. The van der Waals surface area contributed by atoms with Gasteiger partial charge < -0.3 is 14.7 Å². The molecule has 0 aromatic heterocycles. The molecule has 0 saturated carbocycles. The van der Waals surface area contributed by atoms with Crippen molar-refractivity contribution >= 4 is 11.4 Å². The Hall–Kier alpha value is -2.00. The number of nitrogens with zero attached hydrogens (tertiary/aromatic N) is 1. The number of hydrogen-bond donors (Lipinski definition) is 1. The fourth-order valence-corrected chi connectivity index (χ4v) is 2.52. The van der Waals surface area contributed by atoms with Crippen LogP contribution in [0.5, 0.6) is 5.75 Å². The van der Waals surface area contributed by atoms with Gasteiger partial charge in [-0.3, -0.25) is 0 Å². The predicted octanol–water partition coefficient (Wildman–Crippen LogP) is 4.08. The van der Waals surface area contributed by atoms with Gasteiger partial charge >= 0.3 is 0 Å². The summed E-state index contributed by atoms with van der Waals surface area (Å²) >= 11 is 0. The van der Waals surface area contributed by atoms with Crippen LogP contribution in [0, 0.1) is 0 Å². The van der Waals surface area contributed by atoms with Crippen LogP contribution in [0.3, 0.4) is 0 Å². The maximum absolute atomic E-state index is 10.1. The molecule has 0 aliphatic rings. The van der Waals surface area contributed by atoms with E-state index < -0.39 is 6.10 Å². The van der Waals surface area contributed by atoms with Crippen LogP contribution in [-0.4, -0.2) is 19.3 Å². The lowest BCUT2D eigenvalue weighted by Crippen LogP contribution is -2.13. The van der Waals surface area contributed by atoms with Gasteiger partial charge in [0.1, 0.15) is 5.75 Å². The number of rotatable bonds is 5. The van der Waals surface area contributed by atoms with Gasteiger partial charge in [0, 0.05) is 18.3 Å². The van der Waals surface area contributed by atoms with Crippen molar-refractivity contribution in [1.82, 2.24) is 0 Å². The number of benzene rings is 2. The van der Waals surface area contributed by atoms with Gasteiger partial charge in [-0.1, -0.05) is 25.1 Å². The molecule has 0 bridgehead atoms.